The number of methoxy groups -OCH3 is 1. The number of aryl methyl sites for hydroxylation is 1. The molecule has 5 nitrogen and oxygen atoms in total. The van der Waals surface area contributed by atoms with Gasteiger partial charge in [0.15, 0.2) is 5.96 Å². The van der Waals surface area contributed by atoms with E-state index in [1.807, 2.05) is 20.2 Å². The zero-order valence-electron chi connectivity index (χ0n) is 16.1. The van der Waals surface area contributed by atoms with Crippen LogP contribution in [-0.4, -0.2) is 54.1 Å². The molecule has 1 fully saturated rings. The summed E-state index contributed by atoms with van der Waals surface area (Å²) in [6.07, 6.45) is 1.87. The Kier molecular flexibility index (Phi) is 9.34. The van der Waals surface area contributed by atoms with Crippen LogP contribution in [-0.2, 0) is 6.54 Å². The second-order valence-electron chi connectivity index (χ2n) is 6.55. The molecule has 1 unspecified atom stereocenters. The molecule has 1 aromatic rings. The van der Waals surface area contributed by atoms with Crippen LogP contribution in [0.15, 0.2) is 11.2 Å². The van der Waals surface area contributed by atoms with E-state index >= 15 is 0 Å². The van der Waals surface area contributed by atoms with E-state index in [0.717, 1.165) is 47.4 Å². The normalized spacial score (nSPS) is 18.1. The van der Waals surface area contributed by atoms with Gasteiger partial charge in [-0.25, -0.2) is 0 Å². The van der Waals surface area contributed by atoms with E-state index in [1.165, 1.54) is 0 Å². The number of pyridine rings is 1. The molecule has 1 aliphatic heterocycles. The van der Waals surface area contributed by atoms with Crippen molar-refractivity contribution in [2.45, 2.75) is 39.5 Å². The highest BCUT2D eigenvalue weighted by molar-refractivity contribution is 14.0. The number of hydrogen-bond acceptors (Lipinski definition) is 4. The maximum Gasteiger partial charge on any atom is 0.194 e. The highest BCUT2D eigenvalue weighted by atomic mass is 127. The van der Waals surface area contributed by atoms with E-state index in [4.69, 9.17) is 4.74 Å². The molecule has 2 heterocycles. The van der Waals surface area contributed by atoms with Crippen molar-refractivity contribution in [3.63, 3.8) is 0 Å². The summed E-state index contributed by atoms with van der Waals surface area (Å²) in [5.41, 5.74) is 3.16. The molecule has 0 saturated carbocycles. The van der Waals surface area contributed by atoms with Crippen molar-refractivity contribution in [1.82, 2.24) is 15.2 Å². The molecule has 7 heteroatoms. The van der Waals surface area contributed by atoms with Crippen molar-refractivity contribution in [2.24, 2.45) is 10.9 Å². The maximum absolute atomic E-state index is 5.50. The number of hydrogen-bond donors (Lipinski definition) is 1. The van der Waals surface area contributed by atoms with Crippen LogP contribution >= 0.6 is 35.7 Å². The van der Waals surface area contributed by atoms with Gasteiger partial charge in [-0.1, -0.05) is 13.8 Å². The third kappa shape index (κ3) is 5.64. The molecule has 0 spiro atoms. The quantitative estimate of drug-likeness (QED) is 0.408. The van der Waals surface area contributed by atoms with Crippen molar-refractivity contribution < 1.29 is 4.74 Å². The lowest BCUT2D eigenvalue weighted by molar-refractivity contribution is 0.380. The number of aliphatic imine (C=N–C) groups is 1. The second kappa shape index (κ2) is 10.4. The molecule has 1 aromatic heterocycles. The highest BCUT2D eigenvalue weighted by Crippen LogP contribution is 2.26. The molecule has 0 bridgehead atoms. The van der Waals surface area contributed by atoms with Crippen LogP contribution in [0.2, 0.25) is 0 Å². The van der Waals surface area contributed by atoms with Crippen LogP contribution in [0.1, 0.15) is 30.7 Å². The smallest absolute Gasteiger partial charge is 0.194 e. The van der Waals surface area contributed by atoms with Gasteiger partial charge in [0.1, 0.15) is 5.75 Å². The third-order valence-corrected chi connectivity index (χ3v) is 6.05. The number of ether oxygens (including phenoxy) is 1. The summed E-state index contributed by atoms with van der Waals surface area (Å²) >= 11 is 2.07. The molecule has 1 atom stereocenters. The lowest BCUT2D eigenvalue weighted by Crippen LogP contribution is -2.48. The van der Waals surface area contributed by atoms with Gasteiger partial charge in [0.25, 0.3) is 0 Å². The van der Waals surface area contributed by atoms with Gasteiger partial charge >= 0.3 is 0 Å². The molecule has 2 rings (SSSR count). The van der Waals surface area contributed by atoms with E-state index in [2.05, 4.69) is 52.7 Å². The van der Waals surface area contributed by atoms with E-state index < -0.39 is 0 Å². The van der Waals surface area contributed by atoms with Gasteiger partial charge in [-0.2, -0.15) is 11.8 Å². The molecular weight excluding hydrogens is 447 g/mol. The summed E-state index contributed by atoms with van der Waals surface area (Å²) in [6, 6.07) is 0. The summed E-state index contributed by atoms with van der Waals surface area (Å²) in [6.45, 7) is 11.4. The lowest BCUT2D eigenvalue weighted by Gasteiger charge is -2.36. The van der Waals surface area contributed by atoms with Gasteiger partial charge < -0.3 is 15.0 Å². The fraction of sp³-hybridized carbons (Fsp3) is 0.667. The Morgan fingerprint density at radius 3 is 2.80 bits per heavy atom. The molecule has 0 aliphatic carbocycles. The lowest BCUT2D eigenvalue weighted by atomic mass is 10.1. The number of guanidine groups is 1. The maximum atomic E-state index is 5.50. The van der Waals surface area contributed by atoms with Gasteiger partial charge in [0.2, 0.25) is 0 Å². The number of rotatable bonds is 4. The summed E-state index contributed by atoms with van der Waals surface area (Å²) < 4.78 is 5.50. The Hall–Kier alpha value is -0.700. The summed E-state index contributed by atoms with van der Waals surface area (Å²) in [5, 5.41) is 4.14. The summed E-state index contributed by atoms with van der Waals surface area (Å²) in [7, 11) is 3.56. The predicted octanol–water partition coefficient (Wildman–Crippen LogP) is 3.47. The molecule has 0 amide bonds. The van der Waals surface area contributed by atoms with Crippen LogP contribution in [0.25, 0.3) is 0 Å². The topological polar surface area (TPSA) is 49.8 Å². The van der Waals surface area contributed by atoms with Gasteiger partial charge in [-0.15, -0.1) is 24.0 Å². The number of nitrogens with zero attached hydrogens (tertiary/aromatic N) is 3. The third-order valence-electron chi connectivity index (χ3n) is 4.51. The molecule has 0 radical (unpaired) electrons. The van der Waals surface area contributed by atoms with E-state index in [0.29, 0.717) is 17.7 Å². The predicted molar refractivity (Wildman–Crippen MR) is 119 cm³/mol. The van der Waals surface area contributed by atoms with Crippen molar-refractivity contribution in [3.05, 3.63) is 23.0 Å². The fourth-order valence-electron chi connectivity index (χ4n) is 3.02. The first-order valence-electron chi connectivity index (χ1n) is 8.54. The fourth-order valence-corrected chi connectivity index (χ4v) is 4.31. The number of nitrogens with one attached hydrogen (secondary N) is 1. The zero-order valence-corrected chi connectivity index (χ0v) is 19.3. The summed E-state index contributed by atoms with van der Waals surface area (Å²) in [5.74, 6) is 3.72. The first-order chi connectivity index (χ1) is 11.5. The Balaban J connectivity index is 0.00000312. The Labute approximate surface area is 173 Å². The number of thioether (sulfide) groups is 1. The van der Waals surface area contributed by atoms with Crippen molar-refractivity contribution in [3.8, 4) is 5.75 Å². The minimum atomic E-state index is 0. The molecular formula is C18H31IN4OS. The average molecular weight is 478 g/mol. The van der Waals surface area contributed by atoms with E-state index in [1.54, 1.807) is 7.11 Å². The SMILES string of the molecule is CN=C(NCc1ncc(C)c(OC)c1C)N1CCSC(C(C)C)C1.I. The van der Waals surface area contributed by atoms with Crippen LogP contribution in [0.3, 0.4) is 0 Å². The van der Waals surface area contributed by atoms with Crippen LogP contribution in [0, 0.1) is 19.8 Å². The van der Waals surface area contributed by atoms with Gasteiger partial charge in [-0.05, 0) is 19.8 Å². The van der Waals surface area contributed by atoms with Crippen molar-refractivity contribution >= 4 is 41.7 Å². The van der Waals surface area contributed by atoms with Crippen molar-refractivity contribution in [2.75, 3.05) is 33.0 Å². The van der Waals surface area contributed by atoms with Gasteiger partial charge in [0.05, 0.1) is 19.3 Å². The standard InChI is InChI=1S/C18H30N4OS.HI/c1-12(2)16-11-22(7-8-24-16)18(19-5)21-10-15-14(4)17(23-6)13(3)9-20-15;/h9,12,16H,7-8,10-11H2,1-6H3,(H,19,21);1H. The second-order valence-corrected chi connectivity index (χ2v) is 7.89. The average Bonchev–Trinajstić information content (AvgIpc) is 2.58. The van der Waals surface area contributed by atoms with Crippen LogP contribution < -0.4 is 10.1 Å². The largest absolute Gasteiger partial charge is 0.496 e. The van der Waals surface area contributed by atoms with Crippen molar-refractivity contribution in [1.29, 1.82) is 0 Å². The van der Waals surface area contributed by atoms with Gasteiger partial charge in [-0.3, -0.25) is 9.98 Å². The molecule has 142 valence electrons. The molecule has 1 saturated heterocycles. The number of halogens is 1. The Bertz CT molecular complexity index is 595. The molecule has 25 heavy (non-hydrogen) atoms. The monoisotopic (exact) mass is 478 g/mol. The van der Waals surface area contributed by atoms with Crippen LogP contribution in [0.4, 0.5) is 0 Å². The van der Waals surface area contributed by atoms with Crippen LogP contribution in [0.5, 0.6) is 5.75 Å². The Morgan fingerprint density at radius 1 is 1.48 bits per heavy atom. The minimum absolute atomic E-state index is 0. The van der Waals surface area contributed by atoms with Gasteiger partial charge in [0, 0.05) is 48.5 Å². The highest BCUT2D eigenvalue weighted by Gasteiger charge is 2.25. The number of aromatic nitrogens is 1. The first-order valence-corrected chi connectivity index (χ1v) is 9.59. The molecule has 1 N–H and O–H groups in total. The van der Waals surface area contributed by atoms with E-state index in [9.17, 15) is 0 Å². The first kappa shape index (κ1) is 22.3. The summed E-state index contributed by atoms with van der Waals surface area (Å²) in [4.78, 5) is 11.4. The Morgan fingerprint density at radius 2 is 2.20 bits per heavy atom. The minimum Gasteiger partial charge on any atom is -0.496 e. The zero-order chi connectivity index (χ0) is 17.7. The molecule has 1 aliphatic rings. The van der Waals surface area contributed by atoms with E-state index in [-0.39, 0.29) is 24.0 Å². The molecule has 0 aromatic carbocycles.